The molecule has 1 amide bonds. The molecule has 0 atom stereocenters. The number of ether oxygens (including phenoxy) is 1. The van der Waals surface area contributed by atoms with Crippen molar-refractivity contribution >= 4 is 23.5 Å². The number of nitrogens with one attached hydrogen (secondary N) is 1. The van der Waals surface area contributed by atoms with Gasteiger partial charge in [0, 0.05) is 23.6 Å². The number of hydrogen-bond acceptors (Lipinski definition) is 5. The summed E-state index contributed by atoms with van der Waals surface area (Å²) in [6, 6.07) is 5.09. The predicted octanol–water partition coefficient (Wildman–Crippen LogP) is 1.78. The van der Waals surface area contributed by atoms with Crippen LogP contribution in [0.25, 0.3) is 0 Å². The molecule has 0 radical (unpaired) electrons. The first-order valence-corrected chi connectivity index (χ1v) is 8.27. The number of carboxylic acids is 1. The Kier molecular flexibility index (Phi) is 4.55. The number of benzene rings is 1. The van der Waals surface area contributed by atoms with E-state index in [9.17, 15) is 19.5 Å². The van der Waals surface area contributed by atoms with E-state index in [1.807, 2.05) is 0 Å². The van der Waals surface area contributed by atoms with Crippen molar-refractivity contribution in [3.8, 4) is 0 Å². The predicted molar refractivity (Wildman–Crippen MR) is 84.0 cm³/mol. The van der Waals surface area contributed by atoms with Crippen LogP contribution in [0.4, 0.5) is 5.69 Å². The van der Waals surface area contributed by atoms with E-state index < -0.39 is 11.4 Å². The van der Waals surface area contributed by atoms with Crippen LogP contribution in [0.3, 0.4) is 0 Å². The second-order valence-corrected chi connectivity index (χ2v) is 6.78. The van der Waals surface area contributed by atoms with Gasteiger partial charge in [-0.05, 0) is 36.8 Å². The molecule has 1 N–H and O–H groups in total. The smallest absolute Gasteiger partial charge is 0.338 e. The normalized spacial score (nSPS) is 18.6. The van der Waals surface area contributed by atoms with Crippen molar-refractivity contribution in [1.82, 2.24) is 0 Å². The van der Waals surface area contributed by atoms with Gasteiger partial charge < -0.3 is 20.0 Å². The molecule has 1 aromatic rings. The molecule has 0 aromatic heterocycles. The number of anilines is 1. The van der Waals surface area contributed by atoms with E-state index in [0.29, 0.717) is 11.3 Å². The molecule has 1 aliphatic carbocycles. The summed E-state index contributed by atoms with van der Waals surface area (Å²) in [6.07, 6.45) is 4.47. The number of hydrogen-bond donors (Lipinski definition) is 1. The minimum absolute atomic E-state index is 0.0864. The standard InChI is InChI=1S/C18H21NO5/c20-15(9-18(10-16(21)22)6-2-1-3-7-18)19-13-5-4-12-11-24-17(23)14(12)8-13/h4-5,8H,1-3,6-7,9-11H2,(H,19,20)(H,21,22)/p-1. The lowest BCUT2D eigenvalue weighted by Gasteiger charge is -2.37. The third kappa shape index (κ3) is 3.58. The van der Waals surface area contributed by atoms with Gasteiger partial charge in [0.05, 0.1) is 5.56 Å². The number of rotatable bonds is 5. The summed E-state index contributed by atoms with van der Waals surface area (Å²) in [5.41, 5.74) is 1.28. The van der Waals surface area contributed by atoms with Gasteiger partial charge in [-0.1, -0.05) is 25.3 Å². The molecule has 1 aromatic carbocycles. The van der Waals surface area contributed by atoms with E-state index in [4.69, 9.17) is 4.74 Å². The van der Waals surface area contributed by atoms with E-state index >= 15 is 0 Å². The van der Waals surface area contributed by atoms with Crippen molar-refractivity contribution in [2.45, 2.75) is 51.6 Å². The third-order valence-corrected chi connectivity index (χ3v) is 4.94. The topological polar surface area (TPSA) is 95.5 Å². The molecule has 1 heterocycles. The van der Waals surface area contributed by atoms with Crippen molar-refractivity contribution in [3.63, 3.8) is 0 Å². The molecular weight excluding hydrogens is 310 g/mol. The van der Waals surface area contributed by atoms with Crippen molar-refractivity contribution in [3.05, 3.63) is 29.3 Å². The number of carbonyl (C=O) groups excluding carboxylic acids is 3. The zero-order valence-electron chi connectivity index (χ0n) is 13.4. The van der Waals surface area contributed by atoms with Crippen LogP contribution in [0.1, 0.15) is 60.9 Å². The SMILES string of the molecule is O=C([O-])CC1(CC(=O)Nc2ccc3c(c2)C(=O)OC3)CCCCC1. The number of carboxylic acid groups (broad SMARTS) is 1. The second-order valence-electron chi connectivity index (χ2n) is 6.78. The maximum Gasteiger partial charge on any atom is 0.338 e. The highest BCUT2D eigenvalue weighted by Gasteiger charge is 2.34. The van der Waals surface area contributed by atoms with E-state index in [1.54, 1.807) is 18.2 Å². The quantitative estimate of drug-likeness (QED) is 0.830. The Morgan fingerprint density at radius 1 is 1.17 bits per heavy atom. The van der Waals surface area contributed by atoms with Gasteiger partial charge in [-0.25, -0.2) is 4.79 Å². The van der Waals surface area contributed by atoms with Crippen molar-refractivity contribution in [1.29, 1.82) is 0 Å². The fourth-order valence-corrected chi connectivity index (χ4v) is 3.76. The van der Waals surface area contributed by atoms with Crippen LogP contribution in [0, 0.1) is 5.41 Å². The lowest BCUT2D eigenvalue weighted by atomic mass is 9.69. The Morgan fingerprint density at radius 3 is 2.62 bits per heavy atom. The first kappa shape index (κ1) is 16.5. The molecule has 0 spiro atoms. The van der Waals surface area contributed by atoms with Crippen LogP contribution in [-0.2, 0) is 20.9 Å². The average molecular weight is 330 g/mol. The van der Waals surface area contributed by atoms with Gasteiger partial charge in [-0.2, -0.15) is 0 Å². The Morgan fingerprint density at radius 2 is 1.92 bits per heavy atom. The Bertz CT molecular complexity index is 676. The van der Waals surface area contributed by atoms with Crippen LogP contribution in [0.5, 0.6) is 0 Å². The zero-order valence-corrected chi connectivity index (χ0v) is 13.4. The fraction of sp³-hybridized carbons (Fsp3) is 0.500. The number of cyclic esters (lactones) is 1. The highest BCUT2D eigenvalue weighted by atomic mass is 16.5. The number of carbonyl (C=O) groups is 3. The van der Waals surface area contributed by atoms with Crippen molar-refractivity contribution < 1.29 is 24.2 Å². The van der Waals surface area contributed by atoms with E-state index in [-0.39, 0.29) is 31.3 Å². The molecule has 24 heavy (non-hydrogen) atoms. The Balaban J connectivity index is 1.69. The van der Waals surface area contributed by atoms with Gasteiger partial charge in [-0.15, -0.1) is 0 Å². The molecule has 0 bridgehead atoms. The summed E-state index contributed by atoms with van der Waals surface area (Å²) < 4.78 is 4.94. The molecule has 0 saturated heterocycles. The first-order chi connectivity index (χ1) is 11.5. The summed E-state index contributed by atoms with van der Waals surface area (Å²) >= 11 is 0. The molecule has 6 heteroatoms. The Hall–Kier alpha value is -2.37. The van der Waals surface area contributed by atoms with E-state index in [0.717, 1.165) is 37.7 Å². The summed E-state index contributed by atoms with van der Waals surface area (Å²) in [5, 5.41) is 13.9. The zero-order chi connectivity index (χ0) is 17.2. The maximum atomic E-state index is 12.4. The van der Waals surface area contributed by atoms with Crippen LogP contribution in [-0.4, -0.2) is 17.8 Å². The molecule has 128 valence electrons. The largest absolute Gasteiger partial charge is 0.550 e. The van der Waals surface area contributed by atoms with Crippen LogP contribution >= 0.6 is 0 Å². The summed E-state index contributed by atoms with van der Waals surface area (Å²) in [5.74, 6) is -1.73. The minimum atomic E-state index is -1.11. The molecule has 0 unspecified atom stereocenters. The van der Waals surface area contributed by atoms with Crippen molar-refractivity contribution in [2.75, 3.05) is 5.32 Å². The van der Waals surface area contributed by atoms with Crippen LogP contribution in [0.15, 0.2) is 18.2 Å². The number of amides is 1. The molecular formula is C18H20NO5-. The number of esters is 1. The molecule has 1 saturated carbocycles. The highest BCUT2D eigenvalue weighted by molar-refractivity contribution is 5.97. The van der Waals surface area contributed by atoms with E-state index in [2.05, 4.69) is 5.32 Å². The molecule has 1 aliphatic heterocycles. The van der Waals surface area contributed by atoms with Crippen LogP contribution < -0.4 is 10.4 Å². The minimum Gasteiger partial charge on any atom is -0.550 e. The first-order valence-electron chi connectivity index (χ1n) is 8.27. The summed E-state index contributed by atoms with van der Waals surface area (Å²) in [6.45, 7) is 0.261. The molecule has 2 aliphatic rings. The van der Waals surface area contributed by atoms with Gasteiger partial charge in [0.25, 0.3) is 0 Å². The highest BCUT2D eigenvalue weighted by Crippen LogP contribution is 2.42. The van der Waals surface area contributed by atoms with Crippen molar-refractivity contribution in [2.24, 2.45) is 5.41 Å². The molecule has 3 rings (SSSR count). The van der Waals surface area contributed by atoms with Gasteiger partial charge in [0.15, 0.2) is 0 Å². The lowest BCUT2D eigenvalue weighted by molar-refractivity contribution is -0.308. The fourth-order valence-electron chi connectivity index (χ4n) is 3.76. The van der Waals surface area contributed by atoms with Gasteiger partial charge in [-0.3, -0.25) is 4.79 Å². The van der Waals surface area contributed by atoms with Crippen LogP contribution in [0.2, 0.25) is 0 Å². The average Bonchev–Trinajstić information content (AvgIpc) is 2.88. The lowest BCUT2D eigenvalue weighted by Crippen LogP contribution is -2.36. The number of fused-ring (bicyclic) bond motifs is 1. The summed E-state index contributed by atoms with van der Waals surface area (Å²) in [7, 11) is 0. The maximum absolute atomic E-state index is 12.4. The van der Waals surface area contributed by atoms with Gasteiger partial charge >= 0.3 is 5.97 Å². The molecule has 1 fully saturated rings. The molecule has 6 nitrogen and oxygen atoms in total. The van der Waals surface area contributed by atoms with E-state index in [1.165, 1.54) is 0 Å². The third-order valence-electron chi connectivity index (χ3n) is 4.94. The van der Waals surface area contributed by atoms with Gasteiger partial charge in [0.2, 0.25) is 5.91 Å². The Labute approximate surface area is 140 Å². The van der Waals surface area contributed by atoms with Gasteiger partial charge in [0.1, 0.15) is 6.61 Å². The monoisotopic (exact) mass is 330 g/mol. The number of aliphatic carboxylic acids is 1. The summed E-state index contributed by atoms with van der Waals surface area (Å²) in [4.78, 5) is 35.1. The second kappa shape index (κ2) is 6.63.